The number of carbonyl (C=O) groups excluding carboxylic acids is 1. The number of nitrogens with zero attached hydrogens (tertiary/aromatic N) is 3. The third kappa shape index (κ3) is 5.73. The molecule has 2 aromatic rings. The van der Waals surface area contributed by atoms with E-state index in [0.29, 0.717) is 25.9 Å². The van der Waals surface area contributed by atoms with Crippen molar-refractivity contribution >= 4 is 23.4 Å². The van der Waals surface area contributed by atoms with Crippen LogP contribution < -0.4 is 16.0 Å². The zero-order valence-corrected chi connectivity index (χ0v) is 18.7. The van der Waals surface area contributed by atoms with E-state index >= 15 is 0 Å². The Balaban J connectivity index is 1.46. The Kier molecular flexibility index (Phi) is 7.02. The van der Waals surface area contributed by atoms with Gasteiger partial charge in [0.15, 0.2) is 0 Å². The van der Waals surface area contributed by atoms with Crippen LogP contribution in [-0.4, -0.2) is 47.0 Å². The molecule has 1 aromatic carbocycles. The van der Waals surface area contributed by atoms with Crippen molar-refractivity contribution in [3.05, 3.63) is 40.6 Å². The second kappa shape index (κ2) is 9.94. The molecule has 178 valence electrons. The first-order chi connectivity index (χ1) is 15.8. The summed E-state index contributed by atoms with van der Waals surface area (Å²) in [4.78, 5) is 21.7. The third-order valence-corrected chi connectivity index (χ3v) is 6.09. The molecule has 4 rings (SSSR count). The van der Waals surface area contributed by atoms with Crippen LogP contribution in [0.4, 0.5) is 30.6 Å². The Labute approximate surface area is 191 Å². The Morgan fingerprint density at radius 3 is 2.82 bits per heavy atom. The SMILES string of the molecule is Cc1cc2c(cc1Nc1ncc(C(F)(F)F)c(NCCCN3CCCCC3=O)n1)CNCC2. The lowest BCUT2D eigenvalue weighted by molar-refractivity contribution is -0.137. The van der Waals surface area contributed by atoms with E-state index in [9.17, 15) is 18.0 Å². The van der Waals surface area contributed by atoms with Gasteiger partial charge in [-0.05, 0) is 61.9 Å². The van der Waals surface area contributed by atoms with Crippen LogP contribution in [0.1, 0.15) is 47.9 Å². The van der Waals surface area contributed by atoms with Gasteiger partial charge in [-0.1, -0.05) is 6.07 Å². The van der Waals surface area contributed by atoms with Gasteiger partial charge >= 0.3 is 6.18 Å². The molecule has 0 unspecified atom stereocenters. The number of piperidine rings is 1. The lowest BCUT2D eigenvalue weighted by atomic mass is 9.97. The van der Waals surface area contributed by atoms with Gasteiger partial charge in [0.05, 0.1) is 0 Å². The Hall–Kier alpha value is -2.88. The number of aryl methyl sites for hydroxylation is 1. The van der Waals surface area contributed by atoms with E-state index in [0.717, 1.165) is 55.4 Å². The average Bonchev–Trinajstić information content (AvgIpc) is 2.78. The molecule has 0 spiro atoms. The number of hydrogen-bond donors (Lipinski definition) is 3. The number of aromatic nitrogens is 2. The molecule has 33 heavy (non-hydrogen) atoms. The molecule has 0 aliphatic carbocycles. The maximum Gasteiger partial charge on any atom is 0.421 e. The molecule has 7 nitrogen and oxygen atoms in total. The van der Waals surface area contributed by atoms with E-state index in [1.165, 1.54) is 5.56 Å². The second-order valence-corrected chi connectivity index (χ2v) is 8.56. The zero-order chi connectivity index (χ0) is 23.4. The fraction of sp³-hybridized carbons (Fsp3) is 0.522. The minimum Gasteiger partial charge on any atom is -0.369 e. The summed E-state index contributed by atoms with van der Waals surface area (Å²) in [5.41, 5.74) is 3.28. The fourth-order valence-electron chi connectivity index (χ4n) is 4.27. The van der Waals surface area contributed by atoms with Crippen LogP contribution >= 0.6 is 0 Å². The van der Waals surface area contributed by atoms with Crippen LogP contribution in [0.15, 0.2) is 18.3 Å². The zero-order valence-electron chi connectivity index (χ0n) is 18.7. The highest BCUT2D eigenvalue weighted by Crippen LogP contribution is 2.34. The second-order valence-electron chi connectivity index (χ2n) is 8.56. The first-order valence-electron chi connectivity index (χ1n) is 11.4. The van der Waals surface area contributed by atoms with Crippen molar-refractivity contribution < 1.29 is 18.0 Å². The van der Waals surface area contributed by atoms with Gasteiger partial charge in [-0.25, -0.2) is 4.98 Å². The summed E-state index contributed by atoms with van der Waals surface area (Å²) in [7, 11) is 0. The summed E-state index contributed by atoms with van der Waals surface area (Å²) >= 11 is 0. The lowest BCUT2D eigenvalue weighted by Crippen LogP contribution is -2.36. The number of rotatable bonds is 7. The molecular formula is C23H29F3N6O. The van der Waals surface area contributed by atoms with Crippen LogP contribution in [0.2, 0.25) is 0 Å². The van der Waals surface area contributed by atoms with E-state index in [-0.39, 0.29) is 24.2 Å². The molecule has 0 radical (unpaired) electrons. The number of hydrogen-bond acceptors (Lipinski definition) is 6. The van der Waals surface area contributed by atoms with Gasteiger partial charge in [-0.2, -0.15) is 18.2 Å². The molecule has 3 N–H and O–H groups in total. The number of anilines is 3. The predicted octanol–water partition coefficient (Wildman–Crippen LogP) is 4.01. The van der Waals surface area contributed by atoms with Gasteiger partial charge in [0.25, 0.3) is 0 Å². The Morgan fingerprint density at radius 2 is 2.03 bits per heavy atom. The highest BCUT2D eigenvalue weighted by atomic mass is 19.4. The summed E-state index contributed by atoms with van der Waals surface area (Å²) in [5.74, 6) is -0.0489. The minimum absolute atomic E-state index is 0.100. The van der Waals surface area contributed by atoms with E-state index < -0.39 is 11.7 Å². The molecule has 2 aliphatic heterocycles. The maximum absolute atomic E-state index is 13.5. The van der Waals surface area contributed by atoms with Crippen molar-refractivity contribution in [2.75, 3.05) is 36.8 Å². The van der Waals surface area contributed by atoms with Crippen LogP contribution in [0.3, 0.4) is 0 Å². The van der Waals surface area contributed by atoms with Crippen LogP contribution in [0.5, 0.6) is 0 Å². The highest BCUT2D eigenvalue weighted by molar-refractivity contribution is 5.76. The van der Waals surface area contributed by atoms with Gasteiger partial charge in [0.2, 0.25) is 11.9 Å². The van der Waals surface area contributed by atoms with Crippen molar-refractivity contribution in [1.29, 1.82) is 0 Å². The number of carbonyl (C=O) groups is 1. The molecule has 2 aliphatic rings. The van der Waals surface area contributed by atoms with Gasteiger partial charge in [-0.15, -0.1) is 0 Å². The van der Waals surface area contributed by atoms with Crippen LogP contribution in [-0.2, 0) is 23.9 Å². The molecule has 10 heteroatoms. The van der Waals surface area contributed by atoms with Gasteiger partial charge in [0, 0.05) is 44.5 Å². The summed E-state index contributed by atoms with van der Waals surface area (Å²) in [6, 6.07) is 4.10. The fourth-order valence-corrected chi connectivity index (χ4v) is 4.27. The summed E-state index contributed by atoms with van der Waals surface area (Å²) in [6.45, 7) is 5.14. The molecule has 0 atom stereocenters. The largest absolute Gasteiger partial charge is 0.421 e. The number of likely N-dealkylation sites (tertiary alicyclic amines) is 1. The van der Waals surface area contributed by atoms with Crippen LogP contribution in [0, 0.1) is 6.92 Å². The monoisotopic (exact) mass is 462 g/mol. The van der Waals surface area contributed by atoms with E-state index in [4.69, 9.17) is 0 Å². The van der Waals surface area contributed by atoms with E-state index in [1.807, 2.05) is 13.0 Å². The smallest absolute Gasteiger partial charge is 0.369 e. The normalized spacial score (nSPS) is 16.5. The Morgan fingerprint density at radius 1 is 1.18 bits per heavy atom. The number of halogens is 3. The minimum atomic E-state index is -4.57. The topological polar surface area (TPSA) is 82.2 Å². The predicted molar refractivity (Wildman–Crippen MR) is 120 cm³/mol. The van der Waals surface area contributed by atoms with Gasteiger partial charge in [0.1, 0.15) is 11.4 Å². The van der Waals surface area contributed by atoms with Crippen molar-refractivity contribution in [2.45, 2.75) is 51.7 Å². The molecule has 1 aromatic heterocycles. The van der Waals surface area contributed by atoms with E-state index in [2.05, 4.69) is 32.0 Å². The Bertz CT molecular complexity index is 1010. The molecule has 1 amide bonds. The summed E-state index contributed by atoms with van der Waals surface area (Å²) in [5, 5.41) is 9.21. The van der Waals surface area contributed by atoms with Crippen molar-refractivity contribution in [3.63, 3.8) is 0 Å². The molecule has 1 fully saturated rings. The summed E-state index contributed by atoms with van der Waals surface area (Å²) < 4.78 is 40.5. The number of benzene rings is 1. The van der Waals surface area contributed by atoms with Crippen molar-refractivity contribution in [2.24, 2.45) is 0 Å². The standard InChI is InChI=1S/C23H29F3N6O/c1-15-11-16-6-8-27-13-17(16)12-19(15)30-22-29-14-18(23(24,25)26)21(31-22)28-7-4-10-32-9-3-2-5-20(32)33/h11-12,14,27H,2-10,13H2,1H3,(H2,28,29,30,31). The van der Waals surface area contributed by atoms with Crippen LogP contribution in [0.25, 0.3) is 0 Å². The maximum atomic E-state index is 13.5. The molecule has 0 saturated carbocycles. The lowest BCUT2D eigenvalue weighted by Gasteiger charge is -2.26. The quantitative estimate of drug-likeness (QED) is 0.540. The number of nitrogens with one attached hydrogen (secondary N) is 3. The highest BCUT2D eigenvalue weighted by Gasteiger charge is 2.35. The van der Waals surface area contributed by atoms with Crippen molar-refractivity contribution in [3.8, 4) is 0 Å². The van der Waals surface area contributed by atoms with Crippen molar-refractivity contribution in [1.82, 2.24) is 20.2 Å². The summed E-state index contributed by atoms with van der Waals surface area (Å²) in [6.07, 6.45) is 0.135. The first-order valence-corrected chi connectivity index (χ1v) is 11.4. The average molecular weight is 463 g/mol. The van der Waals surface area contributed by atoms with E-state index in [1.54, 1.807) is 4.90 Å². The molecule has 3 heterocycles. The molecular weight excluding hydrogens is 433 g/mol. The molecule has 0 bridgehead atoms. The third-order valence-electron chi connectivity index (χ3n) is 6.09. The number of amides is 1. The number of fused-ring (bicyclic) bond motifs is 1. The molecule has 1 saturated heterocycles. The van der Waals surface area contributed by atoms with Gasteiger partial charge < -0.3 is 20.9 Å². The first kappa shape index (κ1) is 23.3. The number of alkyl halides is 3. The van der Waals surface area contributed by atoms with Gasteiger partial charge in [-0.3, -0.25) is 4.79 Å².